The second-order valence-corrected chi connectivity index (χ2v) is 5.11. The number of carbonyl (C=O) groups is 2. The Labute approximate surface area is 105 Å². The molecule has 98 valence electrons. The molecule has 0 aromatic carbocycles. The molecule has 0 saturated heterocycles. The lowest BCUT2D eigenvalue weighted by molar-refractivity contribution is -0.143. The predicted octanol–water partition coefficient (Wildman–Crippen LogP) is 1.37. The first-order chi connectivity index (χ1) is 8.37. The zero-order valence-electron chi connectivity index (χ0n) is 10.8. The van der Waals surface area contributed by atoms with E-state index in [0.717, 1.165) is 0 Å². The molecule has 0 aliphatic heterocycles. The Morgan fingerprint density at radius 1 is 1.44 bits per heavy atom. The molecule has 1 aliphatic rings. The van der Waals surface area contributed by atoms with E-state index in [1.54, 1.807) is 13.0 Å². The maximum absolute atomic E-state index is 12.0. The summed E-state index contributed by atoms with van der Waals surface area (Å²) in [5, 5.41) is 6.32. The SMILES string of the molecule is COC(=O)[C@@H]1[C@H](C(=O)Nc2cc(C)on2)C1(C)C. The van der Waals surface area contributed by atoms with Gasteiger partial charge in [0, 0.05) is 6.07 Å². The number of carbonyl (C=O) groups excluding carboxylic acids is 2. The van der Waals surface area contributed by atoms with Crippen LogP contribution >= 0.6 is 0 Å². The molecule has 0 radical (unpaired) electrons. The van der Waals surface area contributed by atoms with E-state index in [9.17, 15) is 9.59 Å². The topological polar surface area (TPSA) is 81.4 Å². The average molecular weight is 252 g/mol. The van der Waals surface area contributed by atoms with Gasteiger partial charge < -0.3 is 14.6 Å². The van der Waals surface area contributed by atoms with Crippen molar-refractivity contribution in [2.45, 2.75) is 20.8 Å². The molecule has 6 nitrogen and oxygen atoms in total. The molecular weight excluding hydrogens is 236 g/mol. The molecule has 1 fully saturated rings. The third kappa shape index (κ3) is 1.98. The standard InChI is InChI=1S/C12H16N2O4/c1-6-5-7(14-18-6)13-10(15)8-9(11(16)17-4)12(8,2)3/h5,8-9H,1-4H3,(H,13,14,15)/t8-,9+/m1/s1. The Morgan fingerprint density at radius 3 is 2.61 bits per heavy atom. The molecule has 1 aliphatic carbocycles. The third-order valence-electron chi connectivity index (χ3n) is 3.44. The van der Waals surface area contributed by atoms with Crippen LogP contribution in [0.4, 0.5) is 5.82 Å². The summed E-state index contributed by atoms with van der Waals surface area (Å²) in [6, 6.07) is 1.63. The van der Waals surface area contributed by atoms with Crippen molar-refractivity contribution in [3.05, 3.63) is 11.8 Å². The van der Waals surface area contributed by atoms with E-state index >= 15 is 0 Å². The van der Waals surface area contributed by atoms with Crippen LogP contribution in [0.5, 0.6) is 0 Å². The van der Waals surface area contributed by atoms with Crippen molar-refractivity contribution in [2.75, 3.05) is 12.4 Å². The molecule has 1 N–H and O–H groups in total. The van der Waals surface area contributed by atoms with Crippen molar-refractivity contribution in [3.63, 3.8) is 0 Å². The first-order valence-corrected chi connectivity index (χ1v) is 5.70. The van der Waals surface area contributed by atoms with Gasteiger partial charge in [-0.05, 0) is 12.3 Å². The van der Waals surface area contributed by atoms with Gasteiger partial charge in [0.25, 0.3) is 0 Å². The van der Waals surface area contributed by atoms with Gasteiger partial charge in [-0.1, -0.05) is 19.0 Å². The molecule has 2 rings (SSSR count). The van der Waals surface area contributed by atoms with E-state index in [1.165, 1.54) is 7.11 Å². The van der Waals surface area contributed by atoms with Gasteiger partial charge in [0.05, 0.1) is 18.9 Å². The van der Waals surface area contributed by atoms with Crippen LogP contribution in [0.2, 0.25) is 0 Å². The highest BCUT2D eigenvalue weighted by Gasteiger charge is 2.66. The fourth-order valence-electron chi connectivity index (χ4n) is 2.32. The smallest absolute Gasteiger partial charge is 0.310 e. The van der Waals surface area contributed by atoms with Gasteiger partial charge in [-0.15, -0.1) is 0 Å². The number of esters is 1. The number of ether oxygens (including phenoxy) is 1. The molecule has 0 spiro atoms. The van der Waals surface area contributed by atoms with Gasteiger partial charge in [-0.25, -0.2) is 0 Å². The monoisotopic (exact) mass is 252 g/mol. The number of amides is 1. The van der Waals surface area contributed by atoms with Crippen LogP contribution in [0.25, 0.3) is 0 Å². The van der Waals surface area contributed by atoms with E-state index in [0.29, 0.717) is 11.6 Å². The zero-order chi connectivity index (χ0) is 13.5. The van der Waals surface area contributed by atoms with Gasteiger partial charge in [-0.3, -0.25) is 9.59 Å². The number of aryl methyl sites for hydroxylation is 1. The van der Waals surface area contributed by atoms with Gasteiger partial charge in [0.2, 0.25) is 5.91 Å². The molecule has 1 saturated carbocycles. The summed E-state index contributed by atoms with van der Waals surface area (Å²) in [5.41, 5.74) is -0.379. The van der Waals surface area contributed by atoms with Gasteiger partial charge in [-0.2, -0.15) is 0 Å². The fraction of sp³-hybridized carbons (Fsp3) is 0.583. The van der Waals surface area contributed by atoms with Gasteiger partial charge >= 0.3 is 5.97 Å². The van der Waals surface area contributed by atoms with E-state index in [-0.39, 0.29) is 23.2 Å². The quantitative estimate of drug-likeness (QED) is 0.821. The zero-order valence-corrected chi connectivity index (χ0v) is 10.8. The van der Waals surface area contributed by atoms with Crippen LogP contribution in [0.3, 0.4) is 0 Å². The lowest BCUT2D eigenvalue weighted by Gasteiger charge is -2.01. The van der Waals surface area contributed by atoms with Crippen molar-refractivity contribution in [3.8, 4) is 0 Å². The van der Waals surface area contributed by atoms with Crippen LogP contribution in [0, 0.1) is 24.2 Å². The maximum atomic E-state index is 12.0. The summed E-state index contributed by atoms with van der Waals surface area (Å²) in [4.78, 5) is 23.6. The highest BCUT2D eigenvalue weighted by atomic mass is 16.5. The molecule has 1 amide bonds. The number of nitrogens with zero attached hydrogens (tertiary/aromatic N) is 1. The van der Waals surface area contributed by atoms with Gasteiger partial charge in [0.1, 0.15) is 5.76 Å². The van der Waals surface area contributed by atoms with Crippen molar-refractivity contribution in [1.82, 2.24) is 5.16 Å². The van der Waals surface area contributed by atoms with Crippen molar-refractivity contribution in [1.29, 1.82) is 0 Å². The summed E-state index contributed by atoms with van der Waals surface area (Å²) >= 11 is 0. The minimum Gasteiger partial charge on any atom is -0.469 e. The fourth-order valence-corrected chi connectivity index (χ4v) is 2.32. The molecular formula is C12H16N2O4. The Morgan fingerprint density at radius 2 is 2.11 bits per heavy atom. The molecule has 2 atom stereocenters. The minimum absolute atomic E-state index is 0.233. The highest BCUT2D eigenvalue weighted by molar-refractivity contribution is 5.99. The Bertz CT molecular complexity index is 492. The normalized spacial score (nSPS) is 24.4. The Hall–Kier alpha value is -1.85. The number of hydrogen-bond donors (Lipinski definition) is 1. The van der Waals surface area contributed by atoms with Crippen molar-refractivity contribution in [2.24, 2.45) is 17.3 Å². The number of rotatable bonds is 3. The molecule has 1 aromatic heterocycles. The van der Waals surface area contributed by atoms with E-state index in [1.807, 2.05) is 13.8 Å². The molecule has 6 heteroatoms. The largest absolute Gasteiger partial charge is 0.469 e. The van der Waals surface area contributed by atoms with Crippen LogP contribution in [-0.2, 0) is 14.3 Å². The number of hydrogen-bond acceptors (Lipinski definition) is 5. The van der Waals surface area contributed by atoms with Crippen LogP contribution in [0.1, 0.15) is 19.6 Å². The Kier molecular flexibility index (Phi) is 2.88. The molecule has 0 unspecified atom stereocenters. The van der Waals surface area contributed by atoms with Crippen LogP contribution in [0.15, 0.2) is 10.6 Å². The van der Waals surface area contributed by atoms with Crippen molar-refractivity contribution >= 4 is 17.7 Å². The minimum atomic E-state index is -0.393. The van der Waals surface area contributed by atoms with E-state index in [4.69, 9.17) is 9.26 Å². The summed E-state index contributed by atoms with van der Waals surface area (Å²) in [7, 11) is 1.33. The summed E-state index contributed by atoms with van der Waals surface area (Å²) in [6.45, 7) is 5.47. The first-order valence-electron chi connectivity index (χ1n) is 5.70. The predicted molar refractivity (Wildman–Crippen MR) is 62.6 cm³/mol. The molecule has 1 aromatic rings. The molecule has 18 heavy (non-hydrogen) atoms. The van der Waals surface area contributed by atoms with E-state index in [2.05, 4.69) is 10.5 Å². The lowest BCUT2D eigenvalue weighted by Crippen LogP contribution is -2.18. The summed E-state index contributed by atoms with van der Waals surface area (Å²) in [5.74, 6) is -0.383. The summed E-state index contributed by atoms with van der Waals surface area (Å²) in [6.07, 6.45) is 0. The van der Waals surface area contributed by atoms with Crippen LogP contribution in [-0.4, -0.2) is 24.1 Å². The van der Waals surface area contributed by atoms with Gasteiger partial charge in [0.15, 0.2) is 5.82 Å². The average Bonchev–Trinajstić information content (AvgIpc) is 2.63. The third-order valence-corrected chi connectivity index (χ3v) is 3.44. The number of methoxy groups -OCH3 is 1. The molecule has 1 heterocycles. The number of aromatic nitrogens is 1. The van der Waals surface area contributed by atoms with E-state index < -0.39 is 5.92 Å². The second kappa shape index (κ2) is 4.12. The Balaban J connectivity index is 2.05. The first kappa shape index (κ1) is 12.6. The maximum Gasteiger partial charge on any atom is 0.310 e. The van der Waals surface area contributed by atoms with Crippen molar-refractivity contribution < 1.29 is 18.8 Å². The lowest BCUT2D eigenvalue weighted by atomic mass is 10.1. The number of anilines is 1. The highest BCUT2D eigenvalue weighted by Crippen LogP contribution is 2.59. The van der Waals surface area contributed by atoms with Crippen LogP contribution < -0.4 is 5.32 Å². The summed E-state index contributed by atoms with van der Waals surface area (Å²) < 4.78 is 9.55. The second-order valence-electron chi connectivity index (χ2n) is 5.11. The molecule has 0 bridgehead atoms. The number of nitrogens with one attached hydrogen (secondary N) is 1.